The van der Waals surface area contributed by atoms with Crippen LogP contribution >= 0.6 is 11.6 Å². The molecule has 1 aromatic heterocycles. The maximum atomic E-state index is 6.36. The van der Waals surface area contributed by atoms with Crippen LogP contribution in [0.15, 0.2) is 78.9 Å². The summed E-state index contributed by atoms with van der Waals surface area (Å²) >= 11 is 6.36. The number of hydrogen-bond acceptors (Lipinski definition) is 2. The highest BCUT2D eigenvalue weighted by molar-refractivity contribution is 6.31. The molecule has 0 amide bonds. The second-order valence-corrected chi connectivity index (χ2v) is 6.86. The molecular formula is C23H21ClN2O. The van der Waals surface area contributed by atoms with E-state index in [0.29, 0.717) is 13.0 Å². The van der Waals surface area contributed by atoms with E-state index < -0.39 is 0 Å². The Morgan fingerprint density at radius 2 is 1.59 bits per heavy atom. The predicted octanol–water partition coefficient (Wildman–Crippen LogP) is 5.75. The number of rotatable bonds is 7. The second kappa shape index (κ2) is 8.28. The largest absolute Gasteiger partial charge is 0.494 e. The van der Waals surface area contributed by atoms with Gasteiger partial charge in [0.15, 0.2) is 0 Å². The van der Waals surface area contributed by atoms with E-state index in [2.05, 4.69) is 28.8 Å². The molecule has 0 aliphatic carbocycles. The summed E-state index contributed by atoms with van der Waals surface area (Å²) in [6.07, 6.45) is 1.62. The first-order chi connectivity index (χ1) is 13.3. The van der Waals surface area contributed by atoms with Gasteiger partial charge in [-0.05, 0) is 42.3 Å². The molecule has 0 fully saturated rings. The van der Waals surface area contributed by atoms with Gasteiger partial charge in [-0.25, -0.2) is 4.98 Å². The van der Waals surface area contributed by atoms with E-state index in [1.165, 1.54) is 0 Å². The Hall–Kier alpha value is -2.78. The summed E-state index contributed by atoms with van der Waals surface area (Å²) in [5, 5.41) is 0.781. The van der Waals surface area contributed by atoms with Crippen molar-refractivity contribution in [2.75, 3.05) is 6.61 Å². The molecule has 0 N–H and O–H groups in total. The topological polar surface area (TPSA) is 27.1 Å². The fourth-order valence-corrected chi connectivity index (χ4v) is 3.45. The first kappa shape index (κ1) is 17.6. The van der Waals surface area contributed by atoms with Crippen molar-refractivity contribution < 1.29 is 4.74 Å². The fraction of sp³-hybridized carbons (Fsp3) is 0.174. The molecule has 3 nitrogen and oxygen atoms in total. The Bertz CT molecular complexity index is 1030. The molecule has 4 aromatic rings. The minimum atomic E-state index is 0.669. The maximum Gasteiger partial charge on any atom is 0.119 e. The summed E-state index contributed by atoms with van der Waals surface area (Å²) in [6, 6.07) is 26.1. The molecule has 0 aliphatic heterocycles. The summed E-state index contributed by atoms with van der Waals surface area (Å²) in [6.45, 7) is 1.52. The van der Waals surface area contributed by atoms with Gasteiger partial charge in [-0.15, -0.1) is 0 Å². The Kier molecular flexibility index (Phi) is 5.40. The highest BCUT2D eigenvalue weighted by Gasteiger charge is 2.12. The van der Waals surface area contributed by atoms with E-state index in [-0.39, 0.29) is 0 Å². The maximum absolute atomic E-state index is 6.36. The van der Waals surface area contributed by atoms with Crippen LogP contribution in [-0.4, -0.2) is 16.2 Å². The Morgan fingerprint density at radius 3 is 2.44 bits per heavy atom. The number of imidazole rings is 1. The first-order valence-corrected chi connectivity index (χ1v) is 9.54. The van der Waals surface area contributed by atoms with Gasteiger partial charge >= 0.3 is 0 Å². The smallest absolute Gasteiger partial charge is 0.119 e. The predicted molar refractivity (Wildman–Crippen MR) is 111 cm³/mol. The highest BCUT2D eigenvalue weighted by atomic mass is 35.5. The van der Waals surface area contributed by atoms with Crippen LogP contribution in [0.5, 0.6) is 5.75 Å². The van der Waals surface area contributed by atoms with Gasteiger partial charge in [-0.3, -0.25) is 0 Å². The van der Waals surface area contributed by atoms with E-state index in [9.17, 15) is 0 Å². The SMILES string of the molecule is Clc1ccccc1Cc1nc2ccccc2n1CCCOc1ccccc1. The number of fused-ring (bicyclic) bond motifs is 1. The number of aryl methyl sites for hydroxylation is 1. The normalized spacial score (nSPS) is 11.0. The van der Waals surface area contributed by atoms with Crippen molar-refractivity contribution in [3.05, 3.63) is 95.3 Å². The molecule has 136 valence electrons. The van der Waals surface area contributed by atoms with E-state index in [1.54, 1.807) is 0 Å². The van der Waals surface area contributed by atoms with Gasteiger partial charge in [-0.2, -0.15) is 0 Å². The van der Waals surface area contributed by atoms with Crippen LogP contribution in [0.25, 0.3) is 11.0 Å². The third kappa shape index (κ3) is 4.15. The number of aromatic nitrogens is 2. The lowest BCUT2D eigenvalue weighted by atomic mass is 10.1. The highest BCUT2D eigenvalue weighted by Crippen LogP contribution is 2.22. The molecule has 0 saturated carbocycles. The van der Waals surface area contributed by atoms with Crippen molar-refractivity contribution in [1.82, 2.24) is 9.55 Å². The summed E-state index contributed by atoms with van der Waals surface area (Å²) in [5.41, 5.74) is 3.26. The average Bonchev–Trinajstić information content (AvgIpc) is 3.05. The lowest BCUT2D eigenvalue weighted by molar-refractivity contribution is 0.302. The number of nitrogens with zero attached hydrogens (tertiary/aromatic N) is 2. The van der Waals surface area contributed by atoms with Crippen molar-refractivity contribution >= 4 is 22.6 Å². The van der Waals surface area contributed by atoms with Crippen LogP contribution < -0.4 is 4.74 Å². The van der Waals surface area contributed by atoms with Crippen molar-refractivity contribution in [3.63, 3.8) is 0 Å². The van der Waals surface area contributed by atoms with Gasteiger partial charge in [0.2, 0.25) is 0 Å². The van der Waals surface area contributed by atoms with Gasteiger partial charge in [0.25, 0.3) is 0 Å². The van der Waals surface area contributed by atoms with Crippen molar-refractivity contribution in [2.24, 2.45) is 0 Å². The van der Waals surface area contributed by atoms with Crippen LogP contribution in [-0.2, 0) is 13.0 Å². The van der Waals surface area contributed by atoms with Crippen LogP contribution in [0.4, 0.5) is 0 Å². The molecule has 0 bridgehead atoms. The molecule has 4 heteroatoms. The van der Waals surface area contributed by atoms with E-state index >= 15 is 0 Å². The summed E-state index contributed by atoms with van der Waals surface area (Å²) < 4.78 is 8.12. The molecule has 0 radical (unpaired) electrons. The van der Waals surface area contributed by atoms with Crippen molar-refractivity contribution in [1.29, 1.82) is 0 Å². The standard InChI is InChI=1S/C23H21ClN2O/c24-20-12-5-4-9-18(20)17-23-25-21-13-6-7-14-22(21)26(23)15-8-16-27-19-10-2-1-3-11-19/h1-7,9-14H,8,15-17H2. The zero-order valence-electron chi connectivity index (χ0n) is 15.0. The lowest BCUT2D eigenvalue weighted by Crippen LogP contribution is -2.08. The molecule has 27 heavy (non-hydrogen) atoms. The molecular weight excluding hydrogens is 356 g/mol. The van der Waals surface area contributed by atoms with Gasteiger partial charge < -0.3 is 9.30 Å². The monoisotopic (exact) mass is 376 g/mol. The molecule has 0 saturated heterocycles. The average molecular weight is 377 g/mol. The van der Waals surface area contributed by atoms with Crippen molar-refractivity contribution in [2.45, 2.75) is 19.4 Å². The van der Waals surface area contributed by atoms with Crippen LogP contribution in [0.1, 0.15) is 17.8 Å². The van der Waals surface area contributed by atoms with Gasteiger partial charge in [0, 0.05) is 18.0 Å². The summed E-state index contributed by atoms with van der Waals surface area (Å²) in [4.78, 5) is 4.85. The first-order valence-electron chi connectivity index (χ1n) is 9.16. The van der Waals surface area contributed by atoms with E-state index in [4.69, 9.17) is 21.3 Å². The lowest BCUT2D eigenvalue weighted by Gasteiger charge is -2.11. The molecule has 0 aliphatic rings. The zero-order chi connectivity index (χ0) is 18.5. The summed E-state index contributed by atoms with van der Waals surface area (Å²) in [7, 11) is 0. The molecule has 0 atom stereocenters. The quantitative estimate of drug-likeness (QED) is 0.384. The second-order valence-electron chi connectivity index (χ2n) is 6.45. The summed E-state index contributed by atoms with van der Waals surface area (Å²) in [5.74, 6) is 1.94. The van der Waals surface area contributed by atoms with Crippen LogP contribution in [0, 0.1) is 0 Å². The number of para-hydroxylation sites is 3. The van der Waals surface area contributed by atoms with E-state index in [0.717, 1.165) is 46.2 Å². The minimum absolute atomic E-state index is 0.669. The van der Waals surface area contributed by atoms with Crippen molar-refractivity contribution in [3.8, 4) is 5.75 Å². The van der Waals surface area contributed by atoms with Crippen LogP contribution in [0.3, 0.4) is 0 Å². The van der Waals surface area contributed by atoms with Gasteiger partial charge in [0.1, 0.15) is 11.6 Å². The number of hydrogen-bond donors (Lipinski definition) is 0. The third-order valence-electron chi connectivity index (χ3n) is 4.58. The number of benzene rings is 3. The number of ether oxygens (including phenoxy) is 1. The molecule has 0 spiro atoms. The molecule has 3 aromatic carbocycles. The Labute approximate surface area is 164 Å². The van der Waals surface area contributed by atoms with Gasteiger partial charge in [0.05, 0.1) is 17.6 Å². The van der Waals surface area contributed by atoms with E-state index in [1.807, 2.05) is 54.6 Å². The molecule has 4 rings (SSSR count). The van der Waals surface area contributed by atoms with Gasteiger partial charge in [-0.1, -0.05) is 60.1 Å². The fourth-order valence-electron chi connectivity index (χ4n) is 3.25. The molecule has 0 unspecified atom stereocenters. The minimum Gasteiger partial charge on any atom is -0.494 e. The Balaban J connectivity index is 1.52. The Morgan fingerprint density at radius 1 is 0.852 bits per heavy atom. The third-order valence-corrected chi connectivity index (χ3v) is 4.95. The zero-order valence-corrected chi connectivity index (χ0v) is 15.8. The number of halogens is 1. The van der Waals surface area contributed by atoms with Crippen LogP contribution in [0.2, 0.25) is 5.02 Å². The molecule has 1 heterocycles.